The standard InChI is InChI=1S/C15H25NO2/c1-5-10-15(18)16(14(4)17)12-9-7-8-11-13(3)6-2/h5H,1,3,6-12H2,2,4H3. The summed E-state index contributed by atoms with van der Waals surface area (Å²) in [5, 5.41) is 0. The Morgan fingerprint density at radius 1 is 1.22 bits per heavy atom. The van der Waals surface area contributed by atoms with Crippen LogP contribution in [0.2, 0.25) is 0 Å². The number of imide groups is 1. The Balaban J connectivity index is 3.91. The van der Waals surface area contributed by atoms with Gasteiger partial charge in [0.2, 0.25) is 11.8 Å². The number of rotatable bonds is 9. The van der Waals surface area contributed by atoms with Crippen LogP contribution in [0, 0.1) is 0 Å². The fraction of sp³-hybridized carbons (Fsp3) is 0.600. The Bertz CT molecular complexity index is 308. The van der Waals surface area contributed by atoms with Gasteiger partial charge in [0.05, 0.1) is 0 Å². The first-order chi connectivity index (χ1) is 8.52. The predicted octanol–water partition coefficient (Wildman–Crippen LogP) is 3.46. The number of nitrogens with zero attached hydrogens (tertiary/aromatic N) is 1. The molecule has 0 aliphatic carbocycles. The predicted molar refractivity (Wildman–Crippen MR) is 75.1 cm³/mol. The quantitative estimate of drug-likeness (QED) is 0.465. The monoisotopic (exact) mass is 251 g/mol. The van der Waals surface area contributed by atoms with E-state index in [1.165, 1.54) is 23.5 Å². The molecule has 0 fully saturated rings. The van der Waals surface area contributed by atoms with Crippen molar-refractivity contribution >= 4 is 11.8 Å². The zero-order valence-electron chi connectivity index (χ0n) is 11.7. The minimum absolute atomic E-state index is 0.157. The van der Waals surface area contributed by atoms with Crippen molar-refractivity contribution in [3.63, 3.8) is 0 Å². The Morgan fingerprint density at radius 2 is 1.89 bits per heavy atom. The zero-order chi connectivity index (χ0) is 14.0. The Labute approximate surface area is 111 Å². The molecule has 0 spiro atoms. The number of allylic oxidation sites excluding steroid dienone is 1. The maximum absolute atomic E-state index is 11.6. The van der Waals surface area contributed by atoms with E-state index in [0.29, 0.717) is 6.54 Å². The van der Waals surface area contributed by atoms with E-state index in [-0.39, 0.29) is 18.2 Å². The van der Waals surface area contributed by atoms with Crippen molar-refractivity contribution in [3.8, 4) is 0 Å². The largest absolute Gasteiger partial charge is 0.283 e. The van der Waals surface area contributed by atoms with Crippen molar-refractivity contribution in [3.05, 3.63) is 24.8 Å². The van der Waals surface area contributed by atoms with E-state index in [4.69, 9.17) is 0 Å². The molecular formula is C15H25NO2. The lowest BCUT2D eigenvalue weighted by Crippen LogP contribution is -2.35. The Kier molecular flexibility index (Phi) is 8.89. The van der Waals surface area contributed by atoms with Crippen LogP contribution in [0.3, 0.4) is 0 Å². The van der Waals surface area contributed by atoms with Crippen LogP contribution < -0.4 is 0 Å². The van der Waals surface area contributed by atoms with Gasteiger partial charge in [0.25, 0.3) is 0 Å². The molecule has 0 atom stereocenters. The third kappa shape index (κ3) is 7.05. The van der Waals surface area contributed by atoms with Crippen molar-refractivity contribution in [1.82, 2.24) is 4.90 Å². The SMILES string of the molecule is C=CCC(=O)N(CCCCCC(=C)CC)C(C)=O. The highest BCUT2D eigenvalue weighted by atomic mass is 16.2. The second-order valence-electron chi connectivity index (χ2n) is 4.47. The lowest BCUT2D eigenvalue weighted by atomic mass is 10.1. The number of carbonyl (C=O) groups excluding carboxylic acids is 2. The molecule has 0 saturated heterocycles. The van der Waals surface area contributed by atoms with E-state index in [9.17, 15) is 9.59 Å². The highest BCUT2D eigenvalue weighted by molar-refractivity contribution is 5.94. The van der Waals surface area contributed by atoms with Gasteiger partial charge in [-0.1, -0.05) is 31.6 Å². The van der Waals surface area contributed by atoms with Gasteiger partial charge in [-0.2, -0.15) is 0 Å². The number of hydrogen-bond donors (Lipinski definition) is 0. The van der Waals surface area contributed by atoms with Crippen LogP contribution in [0.4, 0.5) is 0 Å². The highest BCUT2D eigenvalue weighted by Gasteiger charge is 2.15. The van der Waals surface area contributed by atoms with Crippen molar-refractivity contribution in [2.45, 2.75) is 52.4 Å². The molecule has 0 N–H and O–H groups in total. The van der Waals surface area contributed by atoms with Crippen LogP contribution in [0.5, 0.6) is 0 Å². The second-order valence-corrected chi connectivity index (χ2v) is 4.47. The van der Waals surface area contributed by atoms with Gasteiger partial charge >= 0.3 is 0 Å². The molecule has 0 unspecified atom stereocenters. The molecule has 0 aromatic heterocycles. The minimum Gasteiger partial charge on any atom is -0.283 e. The van der Waals surface area contributed by atoms with Gasteiger partial charge < -0.3 is 0 Å². The van der Waals surface area contributed by atoms with Gasteiger partial charge in [-0.05, 0) is 25.7 Å². The Morgan fingerprint density at radius 3 is 2.39 bits per heavy atom. The average molecular weight is 251 g/mol. The van der Waals surface area contributed by atoms with E-state index >= 15 is 0 Å². The van der Waals surface area contributed by atoms with Gasteiger partial charge in [-0.15, -0.1) is 6.58 Å². The third-order valence-corrected chi connectivity index (χ3v) is 2.91. The summed E-state index contributed by atoms with van der Waals surface area (Å²) in [4.78, 5) is 24.3. The van der Waals surface area contributed by atoms with Gasteiger partial charge in [-0.3, -0.25) is 14.5 Å². The molecule has 18 heavy (non-hydrogen) atoms. The van der Waals surface area contributed by atoms with Crippen LogP contribution in [0.1, 0.15) is 52.4 Å². The van der Waals surface area contributed by atoms with Crippen LogP contribution in [-0.4, -0.2) is 23.3 Å². The van der Waals surface area contributed by atoms with E-state index in [0.717, 1.165) is 32.1 Å². The van der Waals surface area contributed by atoms with Crippen molar-refractivity contribution in [1.29, 1.82) is 0 Å². The Hall–Kier alpha value is -1.38. The molecule has 0 rings (SSSR count). The molecule has 0 radical (unpaired) electrons. The fourth-order valence-electron chi connectivity index (χ4n) is 1.69. The lowest BCUT2D eigenvalue weighted by molar-refractivity contribution is -0.143. The normalized spacial score (nSPS) is 9.89. The summed E-state index contributed by atoms with van der Waals surface area (Å²) in [6, 6.07) is 0. The van der Waals surface area contributed by atoms with Gasteiger partial charge in [0.15, 0.2) is 0 Å². The van der Waals surface area contributed by atoms with Gasteiger partial charge in [0, 0.05) is 19.9 Å². The molecule has 3 nitrogen and oxygen atoms in total. The van der Waals surface area contributed by atoms with E-state index in [1.807, 2.05) is 0 Å². The van der Waals surface area contributed by atoms with Crippen molar-refractivity contribution in [2.24, 2.45) is 0 Å². The van der Waals surface area contributed by atoms with Crippen molar-refractivity contribution < 1.29 is 9.59 Å². The van der Waals surface area contributed by atoms with Gasteiger partial charge in [-0.25, -0.2) is 0 Å². The third-order valence-electron chi connectivity index (χ3n) is 2.91. The summed E-state index contributed by atoms with van der Waals surface area (Å²) in [5.74, 6) is -0.338. The number of amides is 2. The molecule has 2 amide bonds. The van der Waals surface area contributed by atoms with Crippen LogP contribution in [-0.2, 0) is 9.59 Å². The number of carbonyl (C=O) groups is 2. The summed E-state index contributed by atoms with van der Waals surface area (Å²) in [7, 11) is 0. The molecule has 0 saturated carbocycles. The average Bonchev–Trinajstić information content (AvgIpc) is 2.32. The lowest BCUT2D eigenvalue weighted by Gasteiger charge is -2.18. The molecule has 3 heteroatoms. The summed E-state index contributed by atoms with van der Waals surface area (Å²) in [6.45, 7) is 11.5. The molecule has 0 aromatic rings. The summed E-state index contributed by atoms with van der Waals surface area (Å²) >= 11 is 0. The minimum atomic E-state index is -0.181. The van der Waals surface area contributed by atoms with Crippen LogP contribution in [0.25, 0.3) is 0 Å². The van der Waals surface area contributed by atoms with E-state index in [1.54, 1.807) is 0 Å². The fourth-order valence-corrected chi connectivity index (χ4v) is 1.69. The van der Waals surface area contributed by atoms with Crippen LogP contribution in [0.15, 0.2) is 24.8 Å². The number of unbranched alkanes of at least 4 members (excludes halogenated alkanes) is 2. The summed E-state index contributed by atoms with van der Waals surface area (Å²) in [6.07, 6.45) is 6.78. The number of hydrogen-bond acceptors (Lipinski definition) is 2. The van der Waals surface area contributed by atoms with E-state index in [2.05, 4.69) is 20.1 Å². The van der Waals surface area contributed by atoms with Gasteiger partial charge in [0.1, 0.15) is 0 Å². The molecule has 0 aliphatic rings. The maximum Gasteiger partial charge on any atom is 0.232 e. The highest BCUT2D eigenvalue weighted by Crippen LogP contribution is 2.10. The molecule has 102 valence electrons. The second kappa shape index (κ2) is 9.63. The summed E-state index contributed by atoms with van der Waals surface area (Å²) in [5.41, 5.74) is 1.26. The first kappa shape index (κ1) is 16.6. The van der Waals surface area contributed by atoms with Crippen molar-refractivity contribution in [2.75, 3.05) is 6.54 Å². The molecule has 0 bridgehead atoms. The topological polar surface area (TPSA) is 37.4 Å². The maximum atomic E-state index is 11.6. The molecular weight excluding hydrogens is 226 g/mol. The first-order valence-corrected chi connectivity index (χ1v) is 6.61. The van der Waals surface area contributed by atoms with E-state index < -0.39 is 0 Å². The zero-order valence-corrected chi connectivity index (χ0v) is 11.7. The molecule has 0 aliphatic heterocycles. The molecule has 0 heterocycles. The summed E-state index contributed by atoms with van der Waals surface area (Å²) < 4.78 is 0. The molecule has 0 aromatic carbocycles. The van der Waals surface area contributed by atoms with Crippen LogP contribution >= 0.6 is 0 Å². The first-order valence-electron chi connectivity index (χ1n) is 6.61. The smallest absolute Gasteiger partial charge is 0.232 e.